The third-order valence-electron chi connectivity index (χ3n) is 5.55. The maximum Gasteiger partial charge on any atom is 0.278 e. The number of aliphatic imine (C=N–C) groups is 1. The van der Waals surface area contributed by atoms with Crippen LogP contribution in [0.15, 0.2) is 17.3 Å². The van der Waals surface area contributed by atoms with Gasteiger partial charge in [-0.15, -0.1) is 0 Å². The van der Waals surface area contributed by atoms with Crippen LogP contribution in [0.5, 0.6) is 0 Å². The number of carbonyl (C=O) groups is 1. The minimum Gasteiger partial charge on any atom is -0.378 e. The molecule has 3 aliphatic rings. The van der Waals surface area contributed by atoms with E-state index in [2.05, 4.69) is 23.3 Å². The van der Waals surface area contributed by atoms with Crippen LogP contribution in [-0.4, -0.2) is 65.5 Å². The molecule has 0 radical (unpaired) electrons. The average Bonchev–Trinajstić information content (AvgIpc) is 3.35. The molecule has 7 heteroatoms. The maximum atomic E-state index is 12.7. The van der Waals surface area contributed by atoms with Crippen molar-refractivity contribution < 1.29 is 9.53 Å². The zero-order chi connectivity index (χ0) is 18.6. The van der Waals surface area contributed by atoms with Gasteiger partial charge in [-0.25, -0.2) is 4.98 Å². The molecule has 0 saturated carbocycles. The van der Waals surface area contributed by atoms with E-state index in [0.717, 1.165) is 24.5 Å². The SMILES string of the molecule is CCCCCc1cnc2c(c1)C(C1CSC(C(=O)N3CCOCC3)=N1)CN2. The van der Waals surface area contributed by atoms with Crippen LogP contribution < -0.4 is 5.32 Å². The van der Waals surface area contributed by atoms with Crippen LogP contribution in [0.2, 0.25) is 0 Å². The Morgan fingerprint density at radius 2 is 2.22 bits per heavy atom. The van der Waals surface area contributed by atoms with Gasteiger partial charge in [-0.05, 0) is 18.4 Å². The van der Waals surface area contributed by atoms with Crippen LogP contribution in [0.25, 0.3) is 0 Å². The number of pyridine rings is 1. The number of morpholine rings is 1. The third-order valence-corrected chi connectivity index (χ3v) is 6.61. The molecule has 1 saturated heterocycles. The van der Waals surface area contributed by atoms with Gasteiger partial charge in [-0.3, -0.25) is 9.79 Å². The van der Waals surface area contributed by atoms with E-state index in [9.17, 15) is 4.79 Å². The van der Waals surface area contributed by atoms with Crippen molar-refractivity contribution in [2.75, 3.05) is 43.9 Å². The number of thioether (sulfide) groups is 1. The molecule has 6 nitrogen and oxygen atoms in total. The molecule has 3 aliphatic heterocycles. The minimum atomic E-state index is 0.0726. The standard InChI is InChI=1S/C20H28N4O2S/c1-2-3-4-5-14-10-15-16(12-22-18(15)21-11-14)17-13-27-19(23-17)20(25)24-6-8-26-9-7-24/h10-11,16-17H,2-9,12-13H2,1H3,(H,21,22). The zero-order valence-electron chi connectivity index (χ0n) is 15.9. The van der Waals surface area contributed by atoms with Gasteiger partial charge in [0.25, 0.3) is 5.91 Å². The van der Waals surface area contributed by atoms with E-state index < -0.39 is 0 Å². The summed E-state index contributed by atoms with van der Waals surface area (Å²) in [4.78, 5) is 24.0. The van der Waals surface area contributed by atoms with Gasteiger partial charge >= 0.3 is 0 Å². The molecule has 0 aliphatic carbocycles. The Balaban J connectivity index is 1.45. The van der Waals surface area contributed by atoms with E-state index in [4.69, 9.17) is 9.73 Å². The summed E-state index contributed by atoms with van der Waals surface area (Å²) in [6.45, 7) is 5.67. The number of fused-ring (bicyclic) bond motifs is 1. The van der Waals surface area contributed by atoms with Crippen molar-refractivity contribution in [2.45, 2.75) is 44.6 Å². The Kier molecular flexibility index (Phi) is 5.98. The molecule has 2 atom stereocenters. The van der Waals surface area contributed by atoms with Crippen molar-refractivity contribution in [3.63, 3.8) is 0 Å². The fourth-order valence-corrected chi connectivity index (χ4v) is 5.05. The Morgan fingerprint density at radius 3 is 3.04 bits per heavy atom. The molecule has 146 valence electrons. The minimum absolute atomic E-state index is 0.0726. The Labute approximate surface area is 165 Å². The quantitative estimate of drug-likeness (QED) is 0.759. The van der Waals surface area contributed by atoms with E-state index in [-0.39, 0.29) is 11.9 Å². The largest absolute Gasteiger partial charge is 0.378 e. The van der Waals surface area contributed by atoms with Gasteiger partial charge < -0.3 is 15.0 Å². The number of hydrogen-bond donors (Lipinski definition) is 1. The number of amides is 1. The number of nitrogens with one attached hydrogen (secondary N) is 1. The van der Waals surface area contributed by atoms with Crippen LogP contribution in [0.3, 0.4) is 0 Å². The Hall–Kier alpha value is -1.60. The van der Waals surface area contributed by atoms with Gasteiger partial charge in [-0.1, -0.05) is 37.6 Å². The first-order chi connectivity index (χ1) is 13.3. The molecule has 4 rings (SSSR count). The van der Waals surface area contributed by atoms with Crippen LogP contribution in [0.4, 0.5) is 5.82 Å². The van der Waals surface area contributed by atoms with Crippen molar-refractivity contribution >= 4 is 28.5 Å². The molecule has 2 unspecified atom stereocenters. The third kappa shape index (κ3) is 4.14. The summed E-state index contributed by atoms with van der Waals surface area (Å²) in [5.74, 6) is 2.24. The molecule has 1 aromatic rings. The number of unbranched alkanes of at least 4 members (excludes halogenated alkanes) is 2. The van der Waals surface area contributed by atoms with E-state index >= 15 is 0 Å². The molecular formula is C20H28N4O2S. The number of carbonyl (C=O) groups excluding carboxylic acids is 1. The van der Waals surface area contributed by atoms with E-state index in [1.807, 2.05) is 11.1 Å². The number of anilines is 1. The fourth-order valence-electron chi connectivity index (χ4n) is 3.95. The molecule has 1 aromatic heterocycles. The number of aryl methyl sites for hydroxylation is 1. The molecule has 27 heavy (non-hydrogen) atoms. The molecule has 1 amide bonds. The summed E-state index contributed by atoms with van der Waals surface area (Å²) in [5.41, 5.74) is 2.59. The monoisotopic (exact) mass is 388 g/mol. The van der Waals surface area contributed by atoms with Gasteiger partial charge in [0.15, 0.2) is 5.04 Å². The number of hydrogen-bond acceptors (Lipinski definition) is 6. The predicted molar refractivity (Wildman–Crippen MR) is 110 cm³/mol. The second kappa shape index (κ2) is 8.61. The lowest BCUT2D eigenvalue weighted by Gasteiger charge is -2.26. The topological polar surface area (TPSA) is 66.8 Å². The van der Waals surface area contributed by atoms with Gasteiger partial charge in [0.2, 0.25) is 0 Å². The number of nitrogens with zero attached hydrogens (tertiary/aromatic N) is 3. The highest BCUT2D eigenvalue weighted by Gasteiger charge is 2.36. The fraction of sp³-hybridized carbons (Fsp3) is 0.650. The maximum absolute atomic E-state index is 12.7. The zero-order valence-corrected chi connectivity index (χ0v) is 16.8. The summed E-state index contributed by atoms with van der Waals surface area (Å²) < 4.78 is 5.34. The highest BCUT2D eigenvalue weighted by molar-refractivity contribution is 8.16. The summed E-state index contributed by atoms with van der Waals surface area (Å²) in [6.07, 6.45) is 6.80. The van der Waals surface area contributed by atoms with Gasteiger partial charge in [0, 0.05) is 43.1 Å². The molecule has 1 N–H and O–H groups in total. The average molecular weight is 389 g/mol. The number of aromatic nitrogens is 1. The Morgan fingerprint density at radius 1 is 1.37 bits per heavy atom. The lowest BCUT2D eigenvalue weighted by molar-refractivity contribution is -0.127. The molecule has 1 fully saturated rings. The Bertz CT molecular complexity index is 718. The number of ether oxygens (including phenoxy) is 1. The lowest BCUT2D eigenvalue weighted by Crippen LogP contribution is -2.43. The molecule has 0 bridgehead atoms. The van der Waals surface area contributed by atoms with Crippen molar-refractivity contribution in [1.29, 1.82) is 0 Å². The summed E-state index contributed by atoms with van der Waals surface area (Å²) in [6, 6.07) is 2.46. The highest BCUT2D eigenvalue weighted by Crippen LogP contribution is 2.38. The lowest BCUT2D eigenvalue weighted by atomic mass is 9.94. The summed E-state index contributed by atoms with van der Waals surface area (Å²) in [7, 11) is 0. The van der Waals surface area contributed by atoms with Crippen molar-refractivity contribution in [2.24, 2.45) is 4.99 Å². The normalized spacial score (nSPS) is 24.5. The van der Waals surface area contributed by atoms with Crippen molar-refractivity contribution in [1.82, 2.24) is 9.88 Å². The van der Waals surface area contributed by atoms with Crippen molar-refractivity contribution in [3.05, 3.63) is 23.4 Å². The van der Waals surface area contributed by atoms with E-state index in [1.54, 1.807) is 11.8 Å². The van der Waals surface area contributed by atoms with E-state index in [1.165, 1.54) is 30.4 Å². The molecule has 0 aromatic carbocycles. The second-order valence-electron chi connectivity index (χ2n) is 7.44. The first-order valence-electron chi connectivity index (χ1n) is 10.1. The second-order valence-corrected chi connectivity index (χ2v) is 8.45. The number of rotatable bonds is 6. The summed E-state index contributed by atoms with van der Waals surface area (Å²) in [5, 5.41) is 4.10. The molecule has 0 spiro atoms. The molecule has 4 heterocycles. The van der Waals surface area contributed by atoms with Gasteiger partial charge in [0.05, 0.1) is 19.3 Å². The smallest absolute Gasteiger partial charge is 0.278 e. The highest BCUT2D eigenvalue weighted by atomic mass is 32.2. The molecular weight excluding hydrogens is 360 g/mol. The first-order valence-corrected chi connectivity index (χ1v) is 11.0. The van der Waals surface area contributed by atoms with Crippen LogP contribution in [0, 0.1) is 0 Å². The summed E-state index contributed by atoms with van der Waals surface area (Å²) >= 11 is 1.60. The van der Waals surface area contributed by atoms with Crippen molar-refractivity contribution in [3.8, 4) is 0 Å². The van der Waals surface area contributed by atoms with Gasteiger partial charge in [0.1, 0.15) is 5.82 Å². The van der Waals surface area contributed by atoms with Crippen LogP contribution in [0.1, 0.15) is 43.2 Å². The first kappa shape index (κ1) is 18.7. The predicted octanol–water partition coefficient (Wildman–Crippen LogP) is 2.70. The van der Waals surface area contributed by atoms with Crippen LogP contribution >= 0.6 is 11.8 Å². The van der Waals surface area contributed by atoms with E-state index in [0.29, 0.717) is 37.3 Å². The van der Waals surface area contributed by atoms with Crippen LogP contribution in [-0.2, 0) is 16.0 Å². The van der Waals surface area contributed by atoms with Gasteiger partial charge in [-0.2, -0.15) is 0 Å².